The molecule has 0 N–H and O–H groups in total. The highest BCUT2D eigenvalue weighted by atomic mass is 16.5. The lowest BCUT2D eigenvalue weighted by atomic mass is 10.1. The third-order valence-electron chi connectivity index (χ3n) is 3.16. The molecule has 92 valence electrons. The van der Waals surface area contributed by atoms with Gasteiger partial charge in [-0.25, -0.2) is 0 Å². The second kappa shape index (κ2) is 4.29. The van der Waals surface area contributed by atoms with Crippen molar-refractivity contribution in [2.45, 2.75) is 26.8 Å². The largest absolute Gasteiger partial charge is 0.340 e. The van der Waals surface area contributed by atoms with Crippen LogP contribution in [-0.2, 0) is 13.0 Å². The average Bonchev–Trinajstić information content (AvgIpc) is 2.98. The van der Waals surface area contributed by atoms with Crippen molar-refractivity contribution in [3.63, 3.8) is 0 Å². The molecule has 4 nitrogen and oxygen atoms in total. The lowest BCUT2D eigenvalue weighted by Crippen LogP contribution is -2.00. The lowest BCUT2D eigenvalue weighted by Gasteiger charge is -2.02. The predicted molar refractivity (Wildman–Crippen MR) is 69.5 cm³/mol. The molecule has 1 aromatic carbocycles. The summed E-state index contributed by atoms with van der Waals surface area (Å²) in [6.07, 6.45) is 2.85. The number of nitrogens with zero attached hydrogens (tertiary/aromatic N) is 3. The van der Waals surface area contributed by atoms with Crippen molar-refractivity contribution < 1.29 is 4.52 Å². The quantitative estimate of drug-likeness (QED) is 0.708. The summed E-state index contributed by atoms with van der Waals surface area (Å²) in [4.78, 5) is 4.33. The molecule has 3 aromatic rings. The van der Waals surface area contributed by atoms with Gasteiger partial charge >= 0.3 is 0 Å². The summed E-state index contributed by atoms with van der Waals surface area (Å²) >= 11 is 0. The minimum Gasteiger partial charge on any atom is -0.340 e. The van der Waals surface area contributed by atoms with E-state index in [9.17, 15) is 0 Å². The number of aromatic nitrogens is 3. The fraction of sp³-hybridized carbons (Fsp3) is 0.286. The SMILES string of the molecule is CCc1nc(Cn2ccc3c(C)cccc32)no1. The van der Waals surface area contributed by atoms with E-state index in [0.717, 1.165) is 12.2 Å². The second-order valence-corrected chi connectivity index (χ2v) is 4.41. The molecule has 4 heteroatoms. The normalized spacial score (nSPS) is 11.2. The Kier molecular flexibility index (Phi) is 2.63. The van der Waals surface area contributed by atoms with Gasteiger partial charge in [0.05, 0.1) is 6.54 Å². The van der Waals surface area contributed by atoms with E-state index in [1.54, 1.807) is 0 Å². The summed E-state index contributed by atoms with van der Waals surface area (Å²) in [7, 11) is 0. The van der Waals surface area contributed by atoms with Crippen LogP contribution in [0.2, 0.25) is 0 Å². The Balaban J connectivity index is 1.97. The van der Waals surface area contributed by atoms with E-state index < -0.39 is 0 Å². The molecular weight excluding hydrogens is 226 g/mol. The first-order valence-corrected chi connectivity index (χ1v) is 6.14. The van der Waals surface area contributed by atoms with E-state index in [-0.39, 0.29) is 0 Å². The first kappa shape index (κ1) is 11.0. The van der Waals surface area contributed by atoms with E-state index in [1.165, 1.54) is 16.5 Å². The predicted octanol–water partition coefficient (Wildman–Crippen LogP) is 2.94. The maximum atomic E-state index is 5.12. The molecule has 0 fully saturated rings. The van der Waals surface area contributed by atoms with Crippen LogP contribution >= 0.6 is 0 Å². The summed E-state index contributed by atoms with van der Waals surface area (Å²) in [6.45, 7) is 4.78. The molecule has 0 aliphatic carbocycles. The molecule has 3 rings (SSSR count). The van der Waals surface area contributed by atoms with Crippen LogP contribution in [0, 0.1) is 6.92 Å². The fourth-order valence-corrected chi connectivity index (χ4v) is 2.17. The molecule has 2 heterocycles. The Morgan fingerprint density at radius 3 is 2.94 bits per heavy atom. The number of benzene rings is 1. The Morgan fingerprint density at radius 1 is 1.28 bits per heavy atom. The Hall–Kier alpha value is -2.10. The number of aryl methyl sites for hydroxylation is 2. The highest BCUT2D eigenvalue weighted by molar-refractivity contribution is 5.83. The van der Waals surface area contributed by atoms with Crippen LogP contribution in [0.1, 0.15) is 24.2 Å². The van der Waals surface area contributed by atoms with Crippen LogP contribution < -0.4 is 0 Å². The zero-order valence-electron chi connectivity index (χ0n) is 10.6. The smallest absolute Gasteiger partial charge is 0.226 e. The molecule has 0 atom stereocenters. The molecule has 0 spiro atoms. The first-order valence-electron chi connectivity index (χ1n) is 6.14. The van der Waals surface area contributed by atoms with Gasteiger partial charge < -0.3 is 9.09 Å². The maximum Gasteiger partial charge on any atom is 0.226 e. The summed E-state index contributed by atoms with van der Waals surface area (Å²) in [5.74, 6) is 1.42. The maximum absolute atomic E-state index is 5.12. The van der Waals surface area contributed by atoms with Crippen molar-refractivity contribution in [1.29, 1.82) is 0 Å². The zero-order chi connectivity index (χ0) is 12.5. The monoisotopic (exact) mass is 241 g/mol. The molecule has 0 saturated heterocycles. The molecule has 0 radical (unpaired) electrons. The third-order valence-corrected chi connectivity index (χ3v) is 3.16. The second-order valence-electron chi connectivity index (χ2n) is 4.41. The lowest BCUT2D eigenvalue weighted by molar-refractivity contribution is 0.375. The molecule has 0 amide bonds. The van der Waals surface area contributed by atoms with Crippen molar-refractivity contribution in [1.82, 2.24) is 14.7 Å². The van der Waals surface area contributed by atoms with Gasteiger partial charge in [-0.05, 0) is 24.6 Å². The molecule has 2 aromatic heterocycles. The Morgan fingerprint density at radius 2 is 2.17 bits per heavy atom. The van der Waals surface area contributed by atoms with Gasteiger partial charge in [0.15, 0.2) is 5.82 Å². The third kappa shape index (κ3) is 1.79. The summed E-state index contributed by atoms with van der Waals surface area (Å²) in [5.41, 5.74) is 2.49. The van der Waals surface area contributed by atoms with Gasteiger partial charge in [0.1, 0.15) is 0 Å². The molecule has 0 aliphatic rings. The minimum atomic E-state index is 0.649. The van der Waals surface area contributed by atoms with E-state index in [0.29, 0.717) is 12.4 Å². The molecular formula is C14H15N3O. The van der Waals surface area contributed by atoms with Gasteiger partial charge in [0.25, 0.3) is 0 Å². The van der Waals surface area contributed by atoms with E-state index >= 15 is 0 Å². The molecule has 0 bridgehead atoms. The van der Waals surface area contributed by atoms with Crippen LogP contribution in [0.4, 0.5) is 0 Å². The molecule has 0 aliphatic heterocycles. The van der Waals surface area contributed by atoms with Gasteiger partial charge in [0, 0.05) is 23.5 Å². The molecule has 18 heavy (non-hydrogen) atoms. The van der Waals surface area contributed by atoms with Crippen molar-refractivity contribution in [3.05, 3.63) is 47.7 Å². The van der Waals surface area contributed by atoms with Gasteiger partial charge in [-0.15, -0.1) is 0 Å². The van der Waals surface area contributed by atoms with Gasteiger partial charge in [-0.3, -0.25) is 0 Å². The number of rotatable bonds is 3. The van der Waals surface area contributed by atoms with Crippen LogP contribution in [0.15, 0.2) is 35.0 Å². The van der Waals surface area contributed by atoms with Crippen molar-refractivity contribution >= 4 is 10.9 Å². The van der Waals surface area contributed by atoms with E-state index in [1.807, 2.05) is 6.92 Å². The molecule has 0 unspecified atom stereocenters. The van der Waals surface area contributed by atoms with Crippen LogP contribution in [0.3, 0.4) is 0 Å². The minimum absolute atomic E-state index is 0.649. The molecule has 0 saturated carbocycles. The summed E-state index contributed by atoms with van der Waals surface area (Å²) < 4.78 is 7.27. The Labute approximate surface area is 105 Å². The van der Waals surface area contributed by atoms with Gasteiger partial charge in [0.2, 0.25) is 5.89 Å². The Bertz CT molecular complexity index is 681. The van der Waals surface area contributed by atoms with Gasteiger partial charge in [-0.2, -0.15) is 4.98 Å². The van der Waals surface area contributed by atoms with E-state index in [2.05, 4.69) is 52.1 Å². The number of hydrogen-bond acceptors (Lipinski definition) is 3. The number of fused-ring (bicyclic) bond motifs is 1. The topological polar surface area (TPSA) is 43.9 Å². The first-order chi connectivity index (χ1) is 8.78. The number of hydrogen-bond donors (Lipinski definition) is 0. The summed E-state index contributed by atoms with van der Waals surface area (Å²) in [6, 6.07) is 8.44. The van der Waals surface area contributed by atoms with Crippen LogP contribution in [0.5, 0.6) is 0 Å². The van der Waals surface area contributed by atoms with E-state index in [4.69, 9.17) is 4.52 Å². The van der Waals surface area contributed by atoms with Crippen molar-refractivity contribution in [2.75, 3.05) is 0 Å². The van der Waals surface area contributed by atoms with Crippen molar-refractivity contribution in [3.8, 4) is 0 Å². The fourth-order valence-electron chi connectivity index (χ4n) is 2.17. The van der Waals surface area contributed by atoms with Crippen LogP contribution in [0.25, 0.3) is 10.9 Å². The van der Waals surface area contributed by atoms with Gasteiger partial charge in [-0.1, -0.05) is 24.2 Å². The standard InChI is InChI=1S/C14H15N3O/c1-3-14-15-13(16-18-14)9-17-8-7-11-10(2)5-4-6-12(11)17/h4-8H,3,9H2,1-2H3. The highest BCUT2D eigenvalue weighted by Crippen LogP contribution is 2.20. The summed E-state index contributed by atoms with van der Waals surface area (Å²) in [5, 5.41) is 5.26. The van der Waals surface area contributed by atoms with Crippen molar-refractivity contribution in [2.24, 2.45) is 0 Å². The average molecular weight is 241 g/mol. The highest BCUT2D eigenvalue weighted by Gasteiger charge is 2.08. The van der Waals surface area contributed by atoms with Crippen LogP contribution in [-0.4, -0.2) is 14.7 Å². The zero-order valence-corrected chi connectivity index (χ0v) is 10.6.